The number of benzene rings is 1. The van der Waals surface area contributed by atoms with Gasteiger partial charge in [0, 0.05) is 0 Å². The summed E-state index contributed by atoms with van der Waals surface area (Å²) in [5.41, 5.74) is -0.00769. The lowest BCUT2D eigenvalue weighted by atomic mass is 10.1. The van der Waals surface area contributed by atoms with Crippen molar-refractivity contribution in [1.82, 2.24) is 0 Å². The Hall–Kier alpha value is -1.31. The molecular formula is C8H6INO4. The van der Waals surface area contributed by atoms with Gasteiger partial charge >= 0.3 is 11.9 Å². The highest BCUT2D eigenvalue weighted by Gasteiger charge is 2.16. The first-order valence-electron chi connectivity index (χ1n) is 3.54. The van der Waals surface area contributed by atoms with E-state index in [-0.39, 0.29) is 16.8 Å². The van der Waals surface area contributed by atoms with Crippen molar-refractivity contribution in [2.24, 2.45) is 0 Å². The Bertz CT molecular complexity index is 359. The maximum Gasteiger partial charge on any atom is 0.337 e. The van der Waals surface area contributed by atoms with E-state index in [1.807, 2.05) is 0 Å². The molecule has 0 aliphatic carbocycles. The van der Waals surface area contributed by atoms with Crippen molar-refractivity contribution in [2.75, 3.05) is 3.53 Å². The summed E-state index contributed by atoms with van der Waals surface area (Å²) in [7, 11) is 0. The molecule has 74 valence electrons. The third-order valence-electron chi connectivity index (χ3n) is 1.62. The molecule has 0 atom stereocenters. The van der Waals surface area contributed by atoms with Gasteiger partial charge in [0.2, 0.25) is 0 Å². The summed E-state index contributed by atoms with van der Waals surface area (Å²) in [6, 6.07) is 4.08. The van der Waals surface area contributed by atoms with Gasteiger partial charge in [-0.1, -0.05) is 6.07 Å². The Morgan fingerprint density at radius 3 is 1.86 bits per heavy atom. The largest absolute Gasteiger partial charge is 0.478 e. The molecule has 0 saturated carbocycles. The topological polar surface area (TPSA) is 86.6 Å². The third kappa shape index (κ3) is 1.95. The number of carboxylic acids is 2. The average Bonchev–Trinajstić information content (AvgIpc) is 2.16. The second kappa shape index (κ2) is 4.27. The van der Waals surface area contributed by atoms with E-state index in [0.29, 0.717) is 0 Å². The van der Waals surface area contributed by atoms with Gasteiger partial charge in [-0.2, -0.15) is 0 Å². The monoisotopic (exact) mass is 307 g/mol. The summed E-state index contributed by atoms with van der Waals surface area (Å²) in [5, 5.41) is 17.5. The van der Waals surface area contributed by atoms with Gasteiger partial charge in [0.1, 0.15) is 0 Å². The molecule has 14 heavy (non-hydrogen) atoms. The van der Waals surface area contributed by atoms with Crippen LogP contribution in [0.3, 0.4) is 0 Å². The summed E-state index contributed by atoms with van der Waals surface area (Å²) in [6.07, 6.45) is 0. The van der Waals surface area contributed by atoms with Crippen LogP contribution in [0.25, 0.3) is 0 Å². The quantitative estimate of drug-likeness (QED) is 0.586. The Labute approximate surface area is 93.2 Å². The molecule has 0 spiro atoms. The zero-order valence-corrected chi connectivity index (χ0v) is 8.98. The molecule has 0 bridgehead atoms. The van der Waals surface area contributed by atoms with Gasteiger partial charge in [-0.25, -0.2) is 9.59 Å². The van der Waals surface area contributed by atoms with Gasteiger partial charge in [-0.05, 0) is 12.1 Å². The standard InChI is InChI=1S/C8H6INO4/c9-10-6-4(7(11)12)2-1-3-5(6)8(13)14/h1-3,10H,(H,11,12)(H,13,14). The van der Waals surface area contributed by atoms with Gasteiger partial charge in [0.15, 0.2) is 0 Å². The zero-order chi connectivity index (χ0) is 10.7. The first-order valence-corrected chi connectivity index (χ1v) is 4.62. The molecule has 0 unspecified atom stereocenters. The van der Waals surface area contributed by atoms with E-state index >= 15 is 0 Å². The minimum absolute atomic E-state index is 0.0562. The molecule has 0 radical (unpaired) electrons. The predicted molar refractivity (Wildman–Crippen MR) is 58.0 cm³/mol. The highest BCUT2D eigenvalue weighted by molar-refractivity contribution is 14.1. The van der Waals surface area contributed by atoms with E-state index in [1.54, 1.807) is 22.9 Å². The molecule has 0 fully saturated rings. The van der Waals surface area contributed by atoms with Gasteiger partial charge in [0.05, 0.1) is 39.7 Å². The molecule has 6 heteroatoms. The summed E-state index contributed by atoms with van der Waals surface area (Å²) in [6.45, 7) is 0. The van der Waals surface area contributed by atoms with Crippen molar-refractivity contribution in [3.8, 4) is 0 Å². The minimum atomic E-state index is -1.16. The molecule has 0 aliphatic heterocycles. The number of anilines is 1. The van der Waals surface area contributed by atoms with E-state index < -0.39 is 11.9 Å². The van der Waals surface area contributed by atoms with Crippen LogP contribution >= 0.6 is 22.9 Å². The Morgan fingerprint density at radius 2 is 1.57 bits per heavy atom. The fourth-order valence-corrected chi connectivity index (χ4v) is 1.59. The fraction of sp³-hybridized carbons (Fsp3) is 0. The Morgan fingerprint density at radius 1 is 1.14 bits per heavy atom. The molecular weight excluding hydrogens is 301 g/mol. The molecule has 3 N–H and O–H groups in total. The number of hydrogen-bond acceptors (Lipinski definition) is 3. The predicted octanol–water partition coefficient (Wildman–Crippen LogP) is 1.84. The lowest BCUT2D eigenvalue weighted by molar-refractivity contribution is 0.0696. The minimum Gasteiger partial charge on any atom is -0.478 e. The van der Waals surface area contributed by atoms with Crippen LogP contribution in [0.1, 0.15) is 20.7 Å². The normalized spacial score (nSPS) is 9.50. The fourth-order valence-electron chi connectivity index (χ4n) is 1.01. The van der Waals surface area contributed by atoms with Crippen LogP contribution in [-0.4, -0.2) is 22.2 Å². The number of halogens is 1. The van der Waals surface area contributed by atoms with Crippen molar-refractivity contribution >= 4 is 40.5 Å². The number of hydrogen-bond donors (Lipinski definition) is 3. The van der Waals surface area contributed by atoms with Crippen molar-refractivity contribution in [3.05, 3.63) is 29.3 Å². The lowest BCUT2D eigenvalue weighted by Gasteiger charge is -2.06. The van der Waals surface area contributed by atoms with Crippen molar-refractivity contribution < 1.29 is 19.8 Å². The van der Waals surface area contributed by atoms with Crippen LogP contribution in [0.5, 0.6) is 0 Å². The number of rotatable bonds is 3. The van der Waals surface area contributed by atoms with E-state index in [0.717, 1.165) is 0 Å². The van der Waals surface area contributed by atoms with Gasteiger partial charge in [-0.3, -0.25) is 0 Å². The van der Waals surface area contributed by atoms with Crippen LogP contribution in [-0.2, 0) is 0 Å². The Balaban J connectivity index is 3.39. The van der Waals surface area contributed by atoms with Crippen LogP contribution in [0, 0.1) is 0 Å². The molecule has 0 aliphatic rings. The van der Waals surface area contributed by atoms with Crippen molar-refractivity contribution in [1.29, 1.82) is 0 Å². The van der Waals surface area contributed by atoms with Crippen molar-refractivity contribution in [2.45, 2.75) is 0 Å². The first kappa shape index (κ1) is 10.8. The molecule has 1 aromatic carbocycles. The number of para-hydroxylation sites is 1. The number of nitrogens with one attached hydrogen (secondary N) is 1. The second-order valence-corrected chi connectivity index (χ2v) is 2.97. The number of carboxylic acid groups (broad SMARTS) is 2. The number of carbonyl (C=O) groups is 2. The number of aromatic carboxylic acids is 2. The zero-order valence-electron chi connectivity index (χ0n) is 6.82. The highest BCUT2D eigenvalue weighted by Crippen LogP contribution is 2.22. The SMILES string of the molecule is O=C(O)c1cccc(C(=O)O)c1NI. The van der Waals surface area contributed by atoms with Gasteiger partial charge in [0.25, 0.3) is 0 Å². The Kier molecular flexibility index (Phi) is 3.28. The van der Waals surface area contributed by atoms with Crippen molar-refractivity contribution in [3.63, 3.8) is 0 Å². The summed E-state index contributed by atoms with van der Waals surface area (Å²) in [4.78, 5) is 21.4. The molecule has 1 rings (SSSR count). The van der Waals surface area contributed by atoms with E-state index in [9.17, 15) is 9.59 Å². The first-order chi connectivity index (χ1) is 6.57. The third-order valence-corrected chi connectivity index (χ3v) is 2.16. The molecule has 0 saturated heterocycles. The maximum atomic E-state index is 10.7. The second-order valence-electron chi connectivity index (χ2n) is 2.43. The summed E-state index contributed by atoms with van der Waals surface area (Å²) >= 11 is 1.69. The highest BCUT2D eigenvalue weighted by atomic mass is 127. The van der Waals surface area contributed by atoms with E-state index in [4.69, 9.17) is 10.2 Å². The van der Waals surface area contributed by atoms with Crippen LogP contribution in [0.15, 0.2) is 18.2 Å². The lowest BCUT2D eigenvalue weighted by Crippen LogP contribution is -2.06. The smallest absolute Gasteiger partial charge is 0.337 e. The van der Waals surface area contributed by atoms with Crippen LogP contribution in [0.4, 0.5) is 5.69 Å². The molecule has 1 aromatic rings. The summed E-state index contributed by atoms with van der Waals surface area (Å²) in [5.74, 6) is -2.32. The van der Waals surface area contributed by atoms with Crippen LogP contribution < -0.4 is 3.53 Å². The van der Waals surface area contributed by atoms with E-state index in [1.165, 1.54) is 18.2 Å². The van der Waals surface area contributed by atoms with E-state index in [2.05, 4.69) is 3.53 Å². The molecule has 0 heterocycles. The average molecular weight is 307 g/mol. The molecule has 5 nitrogen and oxygen atoms in total. The van der Waals surface area contributed by atoms with Gasteiger partial charge < -0.3 is 13.7 Å². The van der Waals surface area contributed by atoms with Crippen LogP contribution in [0.2, 0.25) is 0 Å². The molecule has 0 amide bonds. The maximum absolute atomic E-state index is 10.7. The summed E-state index contributed by atoms with van der Waals surface area (Å²) < 4.78 is 2.54. The van der Waals surface area contributed by atoms with Gasteiger partial charge in [-0.15, -0.1) is 0 Å². The molecule has 0 aromatic heterocycles.